The number of nitrogens with zero attached hydrogens (tertiary/aromatic N) is 2. The van der Waals surface area contributed by atoms with Crippen molar-refractivity contribution in [3.8, 4) is 0 Å². The third kappa shape index (κ3) is 3.08. The second-order valence-electron chi connectivity index (χ2n) is 6.95. The van der Waals surface area contributed by atoms with E-state index in [0.717, 1.165) is 29.4 Å². The van der Waals surface area contributed by atoms with Gasteiger partial charge in [-0.15, -0.1) is 11.3 Å². The first kappa shape index (κ1) is 15.3. The lowest BCUT2D eigenvalue weighted by molar-refractivity contribution is 0.302. The van der Waals surface area contributed by atoms with Crippen LogP contribution in [0, 0.1) is 5.92 Å². The minimum Gasteiger partial charge on any atom is -0.367 e. The van der Waals surface area contributed by atoms with Gasteiger partial charge < -0.3 is 5.32 Å². The Morgan fingerprint density at radius 2 is 2.04 bits per heavy atom. The van der Waals surface area contributed by atoms with Gasteiger partial charge >= 0.3 is 0 Å². The van der Waals surface area contributed by atoms with E-state index in [4.69, 9.17) is 0 Å². The highest BCUT2D eigenvalue weighted by atomic mass is 32.1. The summed E-state index contributed by atoms with van der Waals surface area (Å²) in [5, 5.41) is 4.98. The molecule has 4 rings (SSSR count). The maximum Gasteiger partial charge on any atom is 0.138 e. The molecule has 0 amide bonds. The standard InChI is InChI=1S/C18H24FN3S/c19-10-2-3-12-6-8-13(9-7-12)22-17-16-14-4-1-5-15(14)23-18(16)21-11-20-17/h11-13H,1-10H2,(H,20,21,22). The van der Waals surface area contributed by atoms with Crippen LogP contribution in [0.2, 0.25) is 0 Å². The van der Waals surface area contributed by atoms with Crippen LogP contribution in [0.5, 0.6) is 0 Å². The molecular formula is C18H24FN3S. The van der Waals surface area contributed by atoms with Crippen molar-refractivity contribution in [2.24, 2.45) is 5.92 Å². The second kappa shape index (κ2) is 6.71. The molecule has 5 heteroatoms. The highest BCUT2D eigenvalue weighted by Gasteiger charge is 2.24. The van der Waals surface area contributed by atoms with Crippen molar-refractivity contribution in [1.29, 1.82) is 0 Å². The lowest BCUT2D eigenvalue weighted by Gasteiger charge is -2.29. The van der Waals surface area contributed by atoms with Crippen molar-refractivity contribution < 1.29 is 4.39 Å². The summed E-state index contributed by atoms with van der Waals surface area (Å²) in [6, 6.07) is 0.506. The first-order chi connectivity index (χ1) is 11.3. The fraction of sp³-hybridized carbons (Fsp3) is 0.667. The summed E-state index contributed by atoms with van der Waals surface area (Å²) in [5.74, 6) is 1.77. The fourth-order valence-electron chi connectivity index (χ4n) is 4.19. The van der Waals surface area contributed by atoms with E-state index in [1.54, 1.807) is 6.33 Å². The third-order valence-electron chi connectivity index (χ3n) is 5.43. The van der Waals surface area contributed by atoms with Crippen molar-refractivity contribution in [2.45, 2.75) is 63.8 Å². The van der Waals surface area contributed by atoms with Crippen LogP contribution in [-0.2, 0) is 12.8 Å². The molecule has 2 aromatic rings. The smallest absolute Gasteiger partial charge is 0.138 e. The van der Waals surface area contributed by atoms with Gasteiger partial charge in [0.1, 0.15) is 17.0 Å². The molecule has 0 radical (unpaired) electrons. The van der Waals surface area contributed by atoms with Crippen LogP contribution in [0.15, 0.2) is 6.33 Å². The number of rotatable bonds is 5. The van der Waals surface area contributed by atoms with Crippen LogP contribution in [0.4, 0.5) is 10.2 Å². The molecule has 1 fully saturated rings. The largest absolute Gasteiger partial charge is 0.367 e. The highest BCUT2D eigenvalue weighted by Crippen LogP contribution is 2.40. The molecule has 1 N–H and O–H groups in total. The number of thiophene rings is 1. The molecule has 0 atom stereocenters. The number of halogens is 1. The van der Waals surface area contributed by atoms with Crippen LogP contribution in [0.3, 0.4) is 0 Å². The van der Waals surface area contributed by atoms with E-state index >= 15 is 0 Å². The number of alkyl halides is 1. The summed E-state index contributed by atoms with van der Waals surface area (Å²) in [6.45, 7) is -0.166. The van der Waals surface area contributed by atoms with Gasteiger partial charge in [-0.05, 0) is 69.3 Å². The van der Waals surface area contributed by atoms with Gasteiger partial charge in [0.05, 0.1) is 12.1 Å². The van der Waals surface area contributed by atoms with Crippen molar-refractivity contribution >= 4 is 27.4 Å². The lowest BCUT2D eigenvalue weighted by Crippen LogP contribution is -2.26. The number of aromatic nitrogens is 2. The monoisotopic (exact) mass is 333 g/mol. The third-order valence-corrected chi connectivity index (χ3v) is 6.63. The second-order valence-corrected chi connectivity index (χ2v) is 8.04. The summed E-state index contributed by atoms with van der Waals surface area (Å²) in [7, 11) is 0. The summed E-state index contributed by atoms with van der Waals surface area (Å²) >= 11 is 1.85. The van der Waals surface area contributed by atoms with Crippen molar-refractivity contribution in [3.63, 3.8) is 0 Å². The molecule has 2 aliphatic rings. The van der Waals surface area contributed by atoms with Crippen LogP contribution < -0.4 is 5.32 Å². The van der Waals surface area contributed by atoms with Gasteiger partial charge in [-0.2, -0.15) is 0 Å². The molecule has 0 aromatic carbocycles. The summed E-state index contributed by atoms with van der Waals surface area (Å²) in [4.78, 5) is 11.7. The van der Waals surface area contributed by atoms with Crippen molar-refractivity contribution in [3.05, 3.63) is 16.8 Å². The van der Waals surface area contributed by atoms with E-state index in [9.17, 15) is 4.39 Å². The Hall–Kier alpha value is -1.23. The predicted molar refractivity (Wildman–Crippen MR) is 94.0 cm³/mol. The molecule has 23 heavy (non-hydrogen) atoms. The Kier molecular flexibility index (Phi) is 4.47. The van der Waals surface area contributed by atoms with E-state index in [0.29, 0.717) is 6.04 Å². The molecule has 0 unspecified atom stereocenters. The molecule has 2 heterocycles. The zero-order valence-electron chi connectivity index (χ0n) is 13.5. The molecule has 124 valence electrons. The van der Waals surface area contributed by atoms with E-state index in [-0.39, 0.29) is 6.67 Å². The highest BCUT2D eigenvalue weighted by molar-refractivity contribution is 7.19. The van der Waals surface area contributed by atoms with Gasteiger partial charge in [0.25, 0.3) is 0 Å². The van der Waals surface area contributed by atoms with E-state index in [1.165, 1.54) is 60.8 Å². The summed E-state index contributed by atoms with van der Waals surface area (Å²) in [5.41, 5.74) is 1.49. The zero-order valence-corrected chi connectivity index (χ0v) is 14.3. The van der Waals surface area contributed by atoms with Gasteiger partial charge in [0.2, 0.25) is 0 Å². The van der Waals surface area contributed by atoms with Crippen molar-refractivity contribution in [1.82, 2.24) is 9.97 Å². The van der Waals surface area contributed by atoms with Gasteiger partial charge in [0.15, 0.2) is 0 Å². The maximum atomic E-state index is 12.3. The number of aryl methyl sites for hydroxylation is 2. The fourth-order valence-corrected chi connectivity index (χ4v) is 5.42. The van der Waals surface area contributed by atoms with Gasteiger partial charge in [-0.25, -0.2) is 9.97 Å². The first-order valence-electron chi connectivity index (χ1n) is 8.93. The quantitative estimate of drug-likeness (QED) is 0.845. The van der Waals surface area contributed by atoms with Crippen molar-refractivity contribution in [2.75, 3.05) is 12.0 Å². The van der Waals surface area contributed by atoms with Gasteiger partial charge in [-0.1, -0.05) is 0 Å². The van der Waals surface area contributed by atoms with Crippen LogP contribution in [0.25, 0.3) is 10.2 Å². The molecule has 0 aliphatic heterocycles. The van der Waals surface area contributed by atoms with Gasteiger partial charge in [-0.3, -0.25) is 4.39 Å². The molecule has 1 saturated carbocycles. The maximum absolute atomic E-state index is 12.3. The average molecular weight is 333 g/mol. The van der Waals surface area contributed by atoms with E-state index in [2.05, 4.69) is 15.3 Å². The summed E-state index contributed by atoms with van der Waals surface area (Å²) < 4.78 is 12.3. The number of anilines is 1. The number of hydrogen-bond acceptors (Lipinski definition) is 4. The number of nitrogens with one attached hydrogen (secondary N) is 1. The van der Waals surface area contributed by atoms with E-state index < -0.39 is 0 Å². The Balaban J connectivity index is 1.47. The van der Waals surface area contributed by atoms with E-state index in [1.807, 2.05) is 11.3 Å². The minimum absolute atomic E-state index is 0.166. The lowest BCUT2D eigenvalue weighted by atomic mass is 9.83. The Bertz CT molecular complexity index is 676. The van der Waals surface area contributed by atoms with Crippen LogP contribution in [-0.4, -0.2) is 22.7 Å². The SMILES string of the molecule is FCCCC1CCC(Nc2ncnc3sc4c(c23)CCC4)CC1. The Morgan fingerprint density at radius 3 is 2.87 bits per heavy atom. The first-order valence-corrected chi connectivity index (χ1v) is 9.74. The molecule has 3 nitrogen and oxygen atoms in total. The predicted octanol–water partition coefficient (Wildman–Crippen LogP) is 4.90. The Labute approximate surface area is 140 Å². The number of hydrogen-bond donors (Lipinski definition) is 1. The molecule has 2 aliphatic carbocycles. The Morgan fingerprint density at radius 1 is 1.17 bits per heavy atom. The summed E-state index contributed by atoms with van der Waals surface area (Å²) in [6.07, 6.45) is 11.9. The van der Waals surface area contributed by atoms with Crippen LogP contribution in [0.1, 0.15) is 55.4 Å². The number of fused-ring (bicyclic) bond motifs is 3. The topological polar surface area (TPSA) is 37.8 Å². The molecule has 0 spiro atoms. The molecular weight excluding hydrogens is 309 g/mol. The van der Waals surface area contributed by atoms with Crippen LogP contribution >= 0.6 is 11.3 Å². The molecule has 0 bridgehead atoms. The average Bonchev–Trinajstić information content (AvgIpc) is 3.15. The normalized spacial score (nSPS) is 24.0. The van der Waals surface area contributed by atoms with Gasteiger partial charge in [0, 0.05) is 10.9 Å². The minimum atomic E-state index is -0.166. The molecule has 0 saturated heterocycles. The zero-order chi connectivity index (χ0) is 15.6. The molecule has 2 aromatic heterocycles.